The summed E-state index contributed by atoms with van der Waals surface area (Å²) in [5, 5.41) is 1.11. The van der Waals surface area contributed by atoms with Gasteiger partial charge in [-0.25, -0.2) is 0 Å². The van der Waals surface area contributed by atoms with Crippen molar-refractivity contribution in [2.75, 3.05) is 0 Å². The molecule has 0 spiro atoms. The lowest BCUT2D eigenvalue weighted by Crippen LogP contribution is -2.04. The third kappa shape index (κ3) is 3.62. The van der Waals surface area contributed by atoms with Crippen LogP contribution >= 0.6 is 23.2 Å². The second-order valence-corrected chi connectivity index (χ2v) is 5.96. The normalized spacial score (nSPS) is 10.8. The van der Waals surface area contributed by atoms with E-state index in [9.17, 15) is 4.79 Å². The molecule has 0 aliphatic heterocycles. The van der Waals surface area contributed by atoms with Gasteiger partial charge < -0.3 is 0 Å². The summed E-state index contributed by atoms with van der Waals surface area (Å²) in [7, 11) is 0. The Balaban J connectivity index is 2.15. The van der Waals surface area contributed by atoms with Crippen LogP contribution in [0.2, 0.25) is 10.0 Å². The van der Waals surface area contributed by atoms with Crippen molar-refractivity contribution >= 4 is 29.0 Å². The molecular formula is C17H16Cl2O. The highest BCUT2D eigenvalue weighted by molar-refractivity contribution is 6.35. The Morgan fingerprint density at radius 3 is 2.25 bits per heavy atom. The first-order valence-electron chi connectivity index (χ1n) is 6.54. The number of Topliss-reactive ketones (excluding diaryl/α,β-unsaturated/α-hetero) is 1. The molecule has 0 bridgehead atoms. The third-order valence-corrected chi connectivity index (χ3v) is 3.85. The molecule has 1 nitrogen and oxygen atoms in total. The van der Waals surface area contributed by atoms with Gasteiger partial charge in [-0.15, -0.1) is 0 Å². The Morgan fingerprint density at radius 2 is 1.70 bits per heavy atom. The maximum atomic E-state index is 12.2. The molecular weight excluding hydrogens is 291 g/mol. The van der Waals surface area contributed by atoms with E-state index >= 15 is 0 Å². The molecule has 3 heteroatoms. The molecule has 0 saturated carbocycles. The molecule has 2 rings (SSSR count). The number of carbonyl (C=O) groups excluding carboxylic acids is 1. The maximum Gasteiger partial charge on any atom is 0.167 e. The van der Waals surface area contributed by atoms with Crippen LogP contribution in [-0.4, -0.2) is 5.78 Å². The van der Waals surface area contributed by atoms with Crippen LogP contribution in [0.3, 0.4) is 0 Å². The highest BCUT2D eigenvalue weighted by Crippen LogP contribution is 2.23. The van der Waals surface area contributed by atoms with E-state index in [1.165, 1.54) is 5.56 Å². The number of hydrogen-bond acceptors (Lipinski definition) is 1. The van der Waals surface area contributed by atoms with Crippen LogP contribution in [0.4, 0.5) is 0 Å². The van der Waals surface area contributed by atoms with Crippen molar-refractivity contribution in [3.8, 4) is 0 Å². The molecule has 0 fully saturated rings. The quantitative estimate of drug-likeness (QED) is 0.678. The van der Waals surface area contributed by atoms with Crippen LogP contribution in [0.25, 0.3) is 0 Å². The van der Waals surface area contributed by atoms with Gasteiger partial charge in [0.05, 0.1) is 0 Å². The fourth-order valence-corrected chi connectivity index (χ4v) is 2.47. The lowest BCUT2D eigenvalue weighted by molar-refractivity contribution is 0.0993. The molecule has 20 heavy (non-hydrogen) atoms. The van der Waals surface area contributed by atoms with Gasteiger partial charge in [-0.1, -0.05) is 67.4 Å². The molecule has 0 radical (unpaired) electrons. The number of ketones is 1. The number of carbonyl (C=O) groups is 1. The Hall–Kier alpha value is -1.31. The van der Waals surface area contributed by atoms with Crippen molar-refractivity contribution in [2.24, 2.45) is 0 Å². The van der Waals surface area contributed by atoms with Gasteiger partial charge in [-0.2, -0.15) is 0 Å². The molecule has 2 aromatic rings. The van der Waals surface area contributed by atoms with Gasteiger partial charge in [0.2, 0.25) is 0 Å². The van der Waals surface area contributed by atoms with E-state index in [-0.39, 0.29) is 12.2 Å². The molecule has 0 aliphatic carbocycles. The van der Waals surface area contributed by atoms with Gasteiger partial charge in [-0.3, -0.25) is 4.79 Å². The molecule has 104 valence electrons. The smallest absolute Gasteiger partial charge is 0.167 e. The minimum Gasteiger partial charge on any atom is -0.294 e. The van der Waals surface area contributed by atoms with E-state index in [0.717, 1.165) is 5.56 Å². The highest BCUT2D eigenvalue weighted by Gasteiger charge is 2.10. The molecule has 0 saturated heterocycles. The first-order chi connectivity index (χ1) is 9.47. The van der Waals surface area contributed by atoms with Crippen molar-refractivity contribution in [2.45, 2.75) is 26.2 Å². The lowest BCUT2D eigenvalue weighted by atomic mass is 9.98. The van der Waals surface area contributed by atoms with Crippen LogP contribution in [-0.2, 0) is 6.42 Å². The van der Waals surface area contributed by atoms with Gasteiger partial charge in [0, 0.05) is 22.0 Å². The average Bonchev–Trinajstić information content (AvgIpc) is 2.42. The number of hydrogen-bond donors (Lipinski definition) is 0. The van der Waals surface area contributed by atoms with Crippen molar-refractivity contribution in [3.05, 3.63) is 69.2 Å². The fourth-order valence-electron chi connectivity index (χ4n) is 1.99. The minimum atomic E-state index is 0.0597. The summed E-state index contributed by atoms with van der Waals surface area (Å²) in [4.78, 5) is 12.2. The monoisotopic (exact) mass is 306 g/mol. The van der Waals surface area contributed by atoms with Gasteiger partial charge in [0.1, 0.15) is 0 Å². The van der Waals surface area contributed by atoms with Crippen LogP contribution in [0.15, 0.2) is 42.5 Å². The lowest BCUT2D eigenvalue weighted by Gasteiger charge is -2.07. The average molecular weight is 307 g/mol. The summed E-state index contributed by atoms with van der Waals surface area (Å²) in [6.07, 6.45) is 0.289. The van der Waals surface area contributed by atoms with Gasteiger partial charge in [-0.05, 0) is 29.2 Å². The van der Waals surface area contributed by atoms with E-state index in [1.54, 1.807) is 18.2 Å². The van der Waals surface area contributed by atoms with Crippen LogP contribution in [0, 0.1) is 0 Å². The van der Waals surface area contributed by atoms with E-state index in [4.69, 9.17) is 23.2 Å². The minimum absolute atomic E-state index is 0.0597. The Kier molecular flexibility index (Phi) is 4.85. The fraction of sp³-hybridized carbons (Fsp3) is 0.235. The van der Waals surface area contributed by atoms with Crippen molar-refractivity contribution in [1.29, 1.82) is 0 Å². The van der Waals surface area contributed by atoms with Crippen LogP contribution in [0.5, 0.6) is 0 Å². The zero-order chi connectivity index (χ0) is 14.7. The first-order valence-corrected chi connectivity index (χ1v) is 7.30. The molecule has 0 atom stereocenters. The van der Waals surface area contributed by atoms with Crippen LogP contribution < -0.4 is 0 Å². The summed E-state index contributed by atoms with van der Waals surface area (Å²) in [6, 6.07) is 13.0. The van der Waals surface area contributed by atoms with Crippen molar-refractivity contribution in [1.82, 2.24) is 0 Å². The van der Waals surface area contributed by atoms with Crippen LogP contribution in [0.1, 0.15) is 41.3 Å². The summed E-state index contributed by atoms with van der Waals surface area (Å²) < 4.78 is 0. The topological polar surface area (TPSA) is 17.1 Å². The summed E-state index contributed by atoms with van der Waals surface area (Å²) >= 11 is 11.9. The predicted molar refractivity (Wildman–Crippen MR) is 85.0 cm³/mol. The number of halogens is 2. The zero-order valence-corrected chi connectivity index (χ0v) is 13.0. The maximum absolute atomic E-state index is 12.2. The van der Waals surface area contributed by atoms with E-state index in [0.29, 0.717) is 21.5 Å². The second kappa shape index (κ2) is 6.43. The summed E-state index contributed by atoms with van der Waals surface area (Å²) in [5.74, 6) is 0.523. The molecule has 0 N–H and O–H groups in total. The largest absolute Gasteiger partial charge is 0.294 e. The molecule has 0 aromatic heterocycles. The molecule has 0 aliphatic rings. The number of benzene rings is 2. The summed E-state index contributed by atoms with van der Waals surface area (Å²) in [6.45, 7) is 4.26. The Labute approximate surface area is 129 Å². The third-order valence-electron chi connectivity index (χ3n) is 3.27. The molecule has 2 aromatic carbocycles. The van der Waals surface area contributed by atoms with E-state index < -0.39 is 0 Å². The number of rotatable bonds is 4. The van der Waals surface area contributed by atoms with Gasteiger partial charge in [0.25, 0.3) is 0 Å². The van der Waals surface area contributed by atoms with Gasteiger partial charge >= 0.3 is 0 Å². The first kappa shape index (κ1) is 15.1. The second-order valence-electron chi connectivity index (χ2n) is 5.11. The molecule has 0 unspecified atom stereocenters. The Bertz CT molecular complexity index is 615. The molecule has 0 amide bonds. The SMILES string of the molecule is CC(C)c1ccc(C(=O)Cc2ccc(Cl)cc2Cl)cc1. The summed E-state index contributed by atoms with van der Waals surface area (Å²) in [5.41, 5.74) is 2.74. The zero-order valence-electron chi connectivity index (χ0n) is 11.5. The Morgan fingerprint density at radius 1 is 1.05 bits per heavy atom. The predicted octanol–water partition coefficient (Wildman–Crippen LogP) is 5.54. The van der Waals surface area contributed by atoms with Gasteiger partial charge in [0.15, 0.2) is 5.78 Å². The van der Waals surface area contributed by atoms with E-state index in [2.05, 4.69) is 13.8 Å². The van der Waals surface area contributed by atoms with Crippen molar-refractivity contribution < 1.29 is 4.79 Å². The van der Waals surface area contributed by atoms with Crippen molar-refractivity contribution in [3.63, 3.8) is 0 Å². The van der Waals surface area contributed by atoms with E-state index in [1.807, 2.05) is 24.3 Å². The standard InChI is InChI=1S/C17H16Cl2O/c1-11(2)12-3-5-13(6-4-12)17(20)9-14-7-8-15(18)10-16(14)19/h3-8,10-11H,9H2,1-2H3. The molecule has 0 heterocycles. The highest BCUT2D eigenvalue weighted by atomic mass is 35.5.